The van der Waals surface area contributed by atoms with E-state index in [0.717, 1.165) is 0 Å². The smallest absolute Gasteiger partial charge is 0.135 e. The quantitative estimate of drug-likeness (QED) is 0.784. The van der Waals surface area contributed by atoms with E-state index in [0.29, 0.717) is 23.3 Å². The zero-order valence-electron chi connectivity index (χ0n) is 9.26. The van der Waals surface area contributed by atoms with E-state index >= 15 is 0 Å². The largest absolute Gasteiger partial charge is 0.508 e. The molecule has 0 spiro atoms. The Kier molecular flexibility index (Phi) is 2.30. The fraction of sp³-hybridized carbons (Fsp3) is 0.0714. The topological polar surface area (TPSA) is 46.5 Å². The summed E-state index contributed by atoms with van der Waals surface area (Å²) in [6.45, 7) is 0. The minimum atomic E-state index is -0.703. The highest BCUT2D eigenvalue weighted by Crippen LogP contribution is 2.45. The van der Waals surface area contributed by atoms with Gasteiger partial charge >= 0.3 is 0 Å². The monoisotopic (exact) mass is 244 g/mol. The summed E-state index contributed by atoms with van der Waals surface area (Å²) in [6, 6.07) is 8.85. The Bertz CT molecular complexity index is 637. The van der Waals surface area contributed by atoms with Crippen LogP contribution in [0.3, 0.4) is 0 Å². The zero-order chi connectivity index (χ0) is 12.7. The molecule has 90 valence electrons. The van der Waals surface area contributed by atoms with Crippen molar-refractivity contribution in [2.24, 2.45) is 0 Å². The summed E-state index contributed by atoms with van der Waals surface area (Å²) in [5.74, 6) is -0.442. The molecule has 1 atom stereocenters. The number of carbonyl (C=O) groups is 1. The second kappa shape index (κ2) is 3.84. The average molecular weight is 244 g/mol. The Balaban J connectivity index is 2.25. The molecule has 0 amide bonds. The second-order valence-electron chi connectivity index (χ2n) is 4.09. The molecule has 0 bridgehead atoms. The number of phenols is 1. The number of benzene rings is 2. The lowest BCUT2D eigenvalue weighted by atomic mass is 9.89. The van der Waals surface area contributed by atoms with E-state index in [4.69, 9.17) is 4.74 Å². The molecule has 1 aliphatic heterocycles. The normalized spacial score (nSPS) is 16.4. The van der Waals surface area contributed by atoms with Gasteiger partial charge in [0.15, 0.2) is 0 Å². The summed E-state index contributed by atoms with van der Waals surface area (Å²) in [5, 5.41) is 9.41. The van der Waals surface area contributed by atoms with Gasteiger partial charge < -0.3 is 14.6 Å². The third kappa shape index (κ3) is 1.46. The number of aldehydes is 1. The van der Waals surface area contributed by atoms with Gasteiger partial charge in [0.2, 0.25) is 0 Å². The predicted molar refractivity (Wildman–Crippen MR) is 62.5 cm³/mol. The first-order valence-electron chi connectivity index (χ1n) is 5.45. The molecule has 0 radical (unpaired) electrons. The number of hydrogen-bond donors (Lipinski definition) is 1. The summed E-state index contributed by atoms with van der Waals surface area (Å²) in [4.78, 5) is 11.2. The van der Waals surface area contributed by atoms with Gasteiger partial charge in [-0.25, -0.2) is 4.39 Å². The van der Waals surface area contributed by atoms with Gasteiger partial charge in [0.25, 0.3) is 0 Å². The van der Waals surface area contributed by atoms with Crippen LogP contribution in [-0.4, -0.2) is 11.4 Å². The van der Waals surface area contributed by atoms with Crippen molar-refractivity contribution < 1.29 is 19.0 Å². The van der Waals surface area contributed by atoms with Crippen LogP contribution in [0.4, 0.5) is 4.39 Å². The molecular weight excluding hydrogens is 235 g/mol. The number of ether oxygens (including phenoxy) is 1. The van der Waals surface area contributed by atoms with Crippen LogP contribution in [0.25, 0.3) is 0 Å². The lowest BCUT2D eigenvalue weighted by molar-refractivity contribution is -0.108. The van der Waals surface area contributed by atoms with Crippen molar-refractivity contribution in [2.75, 3.05) is 0 Å². The van der Waals surface area contributed by atoms with Crippen molar-refractivity contribution in [2.45, 2.75) is 5.92 Å². The molecule has 1 heterocycles. The molecule has 4 heteroatoms. The van der Waals surface area contributed by atoms with Crippen molar-refractivity contribution in [1.82, 2.24) is 0 Å². The number of aromatic hydroxyl groups is 1. The molecule has 3 rings (SSSR count). The summed E-state index contributed by atoms with van der Waals surface area (Å²) in [5.41, 5.74) is 0.797. The highest BCUT2D eigenvalue weighted by atomic mass is 19.1. The van der Waals surface area contributed by atoms with E-state index in [9.17, 15) is 14.3 Å². The van der Waals surface area contributed by atoms with Crippen molar-refractivity contribution in [3.8, 4) is 17.2 Å². The Morgan fingerprint density at radius 1 is 1.22 bits per heavy atom. The van der Waals surface area contributed by atoms with E-state index in [1.807, 2.05) is 0 Å². The van der Waals surface area contributed by atoms with Crippen molar-refractivity contribution in [3.05, 3.63) is 53.3 Å². The number of hydrogen-bond acceptors (Lipinski definition) is 3. The molecule has 18 heavy (non-hydrogen) atoms. The van der Waals surface area contributed by atoms with Crippen LogP contribution in [0.5, 0.6) is 17.2 Å². The fourth-order valence-corrected chi connectivity index (χ4v) is 2.19. The molecule has 0 aliphatic carbocycles. The Labute approximate surface area is 102 Å². The molecule has 1 aliphatic rings. The highest BCUT2D eigenvalue weighted by Gasteiger charge is 2.29. The van der Waals surface area contributed by atoms with Gasteiger partial charge in [-0.05, 0) is 18.2 Å². The molecule has 0 saturated carbocycles. The number of halogens is 1. The van der Waals surface area contributed by atoms with Crippen LogP contribution in [-0.2, 0) is 4.79 Å². The van der Waals surface area contributed by atoms with Gasteiger partial charge in [-0.15, -0.1) is 0 Å². The number of phenolic OH excluding ortho intramolecular Hbond substituents is 1. The van der Waals surface area contributed by atoms with Crippen LogP contribution < -0.4 is 4.74 Å². The fourth-order valence-electron chi connectivity index (χ4n) is 2.19. The number of carbonyl (C=O) groups excluding carboxylic acids is 1. The molecule has 2 aromatic carbocycles. The van der Waals surface area contributed by atoms with Crippen LogP contribution in [0.2, 0.25) is 0 Å². The SMILES string of the molecule is O=CC1c2ccc(O)cc2Oc2cccc(F)c21. The lowest BCUT2D eigenvalue weighted by Gasteiger charge is -2.25. The van der Waals surface area contributed by atoms with E-state index in [-0.39, 0.29) is 11.3 Å². The number of fused-ring (bicyclic) bond motifs is 2. The van der Waals surface area contributed by atoms with Crippen molar-refractivity contribution in [3.63, 3.8) is 0 Å². The van der Waals surface area contributed by atoms with E-state index in [2.05, 4.69) is 0 Å². The van der Waals surface area contributed by atoms with Crippen LogP contribution >= 0.6 is 0 Å². The van der Waals surface area contributed by atoms with Crippen LogP contribution in [0, 0.1) is 5.82 Å². The van der Waals surface area contributed by atoms with Crippen molar-refractivity contribution in [1.29, 1.82) is 0 Å². The van der Waals surface area contributed by atoms with Gasteiger partial charge in [-0.2, -0.15) is 0 Å². The predicted octanol–water partition coefficient (Wildman–Crippen LogP) is 2.97. The molecule has 0 fully saturated rings. The minimum Gasteiger partial charge on any atom is -0.508 e. The Morgan fingerprint density at radius 2 is 2.06 bits per heavy atom. The van der Waals surface area contributed by atoms with E-state index in [1.165, 1.54) is 24.3 Å². The summed E-state index contributed by atoms with van der Waals surface area (Å²) in [7, 11) is 0. The zero-order valence-corrected chi connectivity index (χ0v) is 9.26. The van der Waals surface area contributed by atoms with Gasteiger partial charge in [-0.3, -0.25) is 0 Å². The minimum absolute atomic E-state index is 0.0400. The third-order valence-corrected chi connectivity index (χ3v) is 3.01. The Morgan fingerprint density at radius 3 is 2.83 bits per heavy atom. The maximum Gasteiger partial charge on any atom is 0.135 e. The highest BCUT2D eigenvalue weighted by molar-refractivity contribution is 5.74. The maximum atomic E-state index is 13.8. The molecule has 2 aromatic rings. The molecular formula is C14H9FO3. The summed E-state index contributed by atoms with van der Waals surface area (Å²) >= 11 is 0. The molecule has 3 nitrogen and oxygen atoms in total. The first kappa shape index (κ1) is 10.8. The Hall–Kier alpha value is -2.36. The maximum absolute atomic E-state index is 13.8. The third-order valence-electron chi connectivity index (χ3n) is 3.01. The molecule has 1 unspecified atom stereocenters. The molecule has 0 aromatic heterocycles. The average Bonchev–Trinajstić information content (AvgIpc) is 2.36. The van der Waals surface area contributed by atoms with Gasteiger partial charge in [0, 0.05) is 17.2 Å². The van der Waals surface area contributed by atoms with Crippen molar-refractivity contribution >= 4 is 6.29 Å². The molecule has 0 saturated heterocycles. The first-order valence-corrected chi connectivity index (χ1v) is 5.45. The number of rotatable bonds is 1. The second-order valence-corrected chi connectivity index (χ2v) is 4.09. The van der Waals surface area contributed by atoms with E-state index in [1.54, 1.807) is 12.1 Å². The standard InChI is InChI=1S/C14H9FO3/c15-11-2-1-3-12-14(11)10(7-16)9-5-4-8(17)6-13(9)18-12/h1-7,10,17H. The first-order chi connectivity index (χ1) is 8.70. The van der Waals surface area contributed by atoms with Gasteiger partial charge in [0.1, 0.15) is 29.4 Å². The molecule has 1 N–H and O–H groups in total. The van der Waals surface area contributed by atoms with E-state index < -0.39 is 11.7 Å². The lowest BCUT2D eigenvalue weighted by Crippen LogP contribution is -2.13. The van der Waals surface area contributed by atoms with Gasteiger partial charge in [-0.1, -0.05) is 12.1 Å². The summed E-state index contributed by atoms with van der Waals surface area (Å²) < 4.78 is 19.3. The van der Waals surface area contributed by atoms with Crippen LogP contribution in [0.15, 0.2) is 36.4 Å². The summed E-state index contributed by atoms with van der Waals surface area (Å²) in [6.07, 6.45) is 0.681. The van der Waals surface area contributed by atoms with Crippen LogP contribution in [0.1, 0.15) is 17.0 Å². The van der Waals surface area contributed by atoms with Gasteiger partial charge in [0.05, 0.1) is 5.92 Å².